The topological polar surface area (TPSA) is 55.4 Å². The molecule has 0 spiro atoms. The maximum absolute atomic E-state index is 12.3. The summed E-state index contributed by atoms with van der Waals surface area (Å²) < 4.78 is 5.17. The highest BCUT2D eigenvalue weighted by Crippen LogP contribution is 2.20. The van der Waals surface area contributed by atoms with Crippen LogP contribution < -0.4 is 5.32 Å². The summed E-state index contributed by atoms with van der Waals surface area (Å²) in [6.45, 7) is 0.345. The van der Waals surface area contributed by atoms with E-state index in [4.69, 9.17) is 4.74 Å². The average Bonchev–Trinajstić information content (AvgIpc) is 2.66. The van der Waals surface area contributed by atoms with Gasteiger partial charge in [0.2, 0.25) is 0 Å². The lowest BCUT2D eigenvalue weighted by Gasteiger charge is -2.13. The van der Waals surface area contributed by atoms with Crippen molar-refractivity contribution in [2.75, 3.05) is 13.2 Å². The number of allylic oxidation sites excluding steroid dienone is 1. The largest absolute Gasteiger partial charge is 0.452 e. The van der Waals surface area contributed by atoms with Crippen molar-refractivity contribution in [3.8, 4) is 0 Å². The number of rotatable bonds is 6. The van der Waals surface area contributed by atoms with Crippen molar-refractivity contribution in [2.45, 2.75) is 32.1 Å². The molecule has 1 amide bonds. The van der Waals surface area contributed by atoms with Gasteiger partial charge < -0.3 is 10.1 Å². The standard InChI is InChI=1S/C21H23NO3/c23-20(22-14-13-16-7-2-1-3-8-16)15-25-21(24)19-12-6-10-17-9-4-5-11-18(17)19/h4-7,9-12H,1-3,8,13-15H2,(H,22,23). The molecule has 1 aliphatic rings. The second-order valence-corrected chi connectivity index (χ2v) is 6.31. The summed E-state index contributed by atoms with van der Waals surface area (Å²) >= 11 is 0. The van der Waals surface area contributed by atoms with Gasteiger partial charge in [0.05, 0.1) is 5.56 Å². The van der Waals surface area contributed by atoms with E-state index in [1.54, 1.807) is 6.07 Å². The molecular formula is C21H23NO3. The molecule has 2 aromatic carbocycles. The van der Waals surface area contributed by atoms with Crippen LogP contribution in [0.2, 0.25) is 0 Å². The molecule has 4 heteroatoms. The molecule has 1 aliphatic carbocycles. The van der Waals surface area contributed by atoms with Gasteiger partial charge in [-0.25, -0.2) is 4.79 Å². The molecule has 0 fully saturated rings. The molecule has 130 valence electrons. The highest BCUT2D eigenvalue weighted by molar-refractivity contribution is 6.04. The van der Waals surface area contributed by atoms with Crippen molar-refractivity contribution in [1.82, 2.24) is 5.32 Å². The van der Waals surface area contributed by atoms with Gasteiger partial charge in [-0.15, -0.1) is 0 Å². The maximum atomic E-state index is 12.3. The van der Waals surface area contributed by atoms with Gasteiger partial charge in [-0.3, -0.25) is 4.79 Å². The number of nitrogens with one attached hydrogen (secondary N) is 1. The van der Waals surface area contributed by atoms with Crippen LogP contribution in [-0.4, -0.2) is 25.0 Å². The lowest BCUT2D eigenvalue weighted by molar-refractivity contribution is -0.124. The van der Waals surface area contributed by atoms with E-state index in [-0.39, 0.29) is 12.5 Å². The number of esters is 1. The molecule has 0 saturated heterocycles. The Morgan fingerprint density at radius 2 is 1.88 bits per heavy atom. The van der Waals surface area contributed by atoms with E-state index in [2.05, 4.69) is 11.4 Å². The fourth-order valence-corrected chi connectivity index (χ4v) is 3.16. The molecule has 0 heterocycles. The third-order valence-corrected chi connectivity index (χ3v) is 4.50. The quantitative estimate of drug-likeness (QED) is 0.640. The van der Waals surface area contributed by atoms with E-state index in [1.165, 1.54) is 18.4 Å². The summed E-state index contributed by atoms with van der Waals surface area (Å²) in [5, 5.41) is 4.62. The fraction of sp³-hybridized carbons (Fsp3) is 0.333. The molecule has 0 atom stereocenters. The number of carbonyl (C=O) groups is 2. The molecule has 0 unspecified atom stereocenters. The average molecular weight is 337 g/mol. The Hall–Kier alpha value is -2.62. The summed E-state index contributed by atoms with van der Waals surface area (Å²) in [5.41, 5.74) is 1.90. The van der Waals surface area contributed by atoms with Gasteiger partial charge in [0.15, 0.2) is 6.61 Å². The Balaban J connectivity index is 1.48. The maximum Gasteiger partial charge on any atom is 0.339 e. The molecule has 1 N–H and O–H groups in total. The Labute approximate surface area is 147 Å². The van der Waals surface area contributed by atoms with Crippen LogP contribution >= 0.6 is 0 Å². The van der Waals surface area contributed by atoms with E-state index in [1.807, 2.05) is 36.4 Å². The summed E-state index contributed by atoms with van der Waals surface area (Å²) in [6, 6.07) is 13.1. The lowest BCUT2D eigenvalue weighted by atomic mass is 9.97. The van der Waals surface area contributed by atoms with Crippen LogP contribution in [-0.2, 0) is 9.53 Å². The summed E-state index contributed by atoms with van der Waals surface area (Å²) in [7, 11) is 0. The minimum atomic E-state index is -0.470. The molecule has 3 rings (SSSR count). The molecule has 4 nitrogen and oxygen atoms in total. The number of ether oxygens (including phenoxy) is 1. The predicted octanol–water partition coefficient (Wildman–Crippen LogP) is 4.00. The highest BCUT2D eigenvalue weighted by Gasteiger charge is 2.13. The smallest absolute Gasteiger partial charge is 0.339 e. The summed E-state index contributed by atoms with van der Waals surface area (Å²) in [5.74, 6) is -0.730. The number of fused-ring (bicyclic) bond motifs is 1. The second-order valence-electron chi connectivity index (χ2n) is 6.31. The molecule has 0 aliphatic heterocycles. The Morgan fingerprint density at radius 1 is 1.04 bits per heavy atom. The van der Waals surface area contributed by atoms with Crippen LogP contribution in [0.1, 0.15) is 42.5 Å². The van der Waals surface area contributed by atoms with Crippen molar-refractivity contribution in [1.29, 1.82) is 0 Å². The minimum Gasteiger partial charge on any atom is -0.452 e. The molecule has 2 aromatic rings. The second kappa shape index (κ2) is 8.47. The minimum absolute atomic E-state index is 0.249. The molecule has 0 bridgehead atoms. The van der Waals surface area contributed by atoms with Crippen LogP contribution in [0.15, 0.2) is 54.1 Å². The zero-order valence-corrected chi connectivity index (χ0v) is 14.3. The summed E-state index contributed by atoms with van der Waals surface area (Å²) in [4.78, 5) is 24.1. The monoisotopic (exact) mass is 337 g/mol. The van der Waals surface area contributed by atoms with Gasteiger partial charge in [0, 0.05) is 6.54 Å². The van der Waals surface area contributed by atoms with Crippen molar-refractivity contribution in [2.24, 2.45) is 0 Å². The van der Waals surface area contributed by atoms with E-state index in [0.717, 1.165) is 30.0 Å². The Kier molecular flexibility index (Phi) is 5.83. The van der Waals surface area contributed by atoms with Crippen LogP contribution in [0, 0.1) is 0 Å². The summed E-state index contributed by atoms with van der Waals surface area (Å²) in [6.07, 6.45) is 7.93. The lowest BCUT2D eigenvalue weighted by Crippen LogP contribution is -2.29. The number of carbonyl (C=O) groups excluding carboxylic acids is 2. The zero-order chi connectivity index (χ0) is 17.5. The first-order valence-corrected chi connectivity index (χ1v) is 8.83. The highest BCUT2D eigenvalue weighted by atomic mass is 16.5. The van der Waals surface area contributed by atoms with E-state index < -0.39 is 5.97 Å². The van der Waals surface area contributed by atoms with Crippen LogP contribution in [0.25, 0.3) is 10.8 Å². The first-order chi connectivity index (χ1) is 12.2. The number of amides is 1. The first kappa shape index (κ1) is 17.2. The fourth-order valence-electron chi connectivity index (χ4n) is 3.16. The van der Waals surface area contributed by atoms with Gasteiger partial charge in [-0.2, -0.15) is 0 Å². The third-order valence-electron chi connectivity index (χ3n) is 4.50. The van der Waals surface area contributed by atoms with Gasteiger partial charge in [-0.05, 0) is 48.9 Å². The predicted molar refractivity (Wildman–Crippen MR) is 98.4 cm³/mol. The molecular weight excluding hydrogens is 314 g/mol. The van der Waals surface area contributed by atoms with Crippen LogP contribution in [0.3, 0.4) is 0 Å². The van der Waals surface area contributed by atoms with Crippen molar-refractivity contribution in [3.05, 3.63) is 59.7 Å². The Morgan fingerprint density at radius 3 is 2.72 bits per heavy atom. The third kappa shape index (κ3) is 4.69. The van der Waals surface area contributed by atoms with Crippen LogP contribution in [0.4, 0.5) is 0 Å². The van der Waals surface area contributed by atoms with Gasteiger partial charge in [0.25, 0.3) is 5.91 Å². The van der Waals surface area contributed by atoms with E-state index >= 15 is 0 Å². The normalized spacial score (nSPS) is 14.0. The van der Waals surface area contributed by atoms with Gasteiger partial charge in [0.1, 0.15) is 0 Å². The van der Waals surface area contributed by atoms with Crippen LogP contribution in [0.5, 0.6) is 0 Å². The number of benzene rings is 2. The molecule has 0 radical (unpaired) electrons. The first-order valence-electron chi connectivity index (χ1n) is 8.83. The molecule has 0 aromatic heterocycles. The van der Waals surface area contributed by atoms with Crippen molar-refractivity contribution >= 4 is 22.6 Å². The molecule has 25 heavy (non-hydrogen) atoms. The SMILES string of the molecule is O=C(COC(=O)c1cccc2ccccc12)NCCC1=CCCCC1. The number of hydrogen-bond acceptors (Lipinski definition) is 3. The zero-order valence-electron chi connectivity index (χ0n) is 14.3. The Bertz CT molecular complexity index is 789. The van der Waals surface area contributed by atoms with Gasteiger partial charge >= 0.3 is 5.97 Å². The van der Waals surface area contributed by atoms with Crippen molar-refractivity contribution < 1.29 is 14.3 Å². The van der Waals surface area contributed by atoms with E-state index in [0.29, 0.717) is 12.1 Å². The van der Waals surface area contributed by atoms with Gasteiger partial charge in [-0.1, -0.05) is 48.0 Å². The van der Waals surface area contributed by atoms with E-state index in [9.17, 15) is 9.59 Å². The van der Waals surface area contributed by atoms with Crippen molar-refractivity contribution in [3.63, 3.8) is 0 Å². The molecule has 0 saturated carbocycles. The number of hydrogen-bond donors (Lipinski definition) is 1.